The monoisotopic (exact) mass is 394 g/mol. The molecule has 1 heterocycles. The first kappa shape index (κ1) is 20.5. The predicted molar refractivity (Wildman–Crippen MR) is 111 cm³/mol. The summed E-state index contributed by atoms with van der Waals surface area (Å²) in [6.45, 7) is 0.720. The van der Waals surface area contributed by atoms with Crippen molar-refractivity contribution in [3.63, 3.8) is 0 Å². The number of hydrogen-bond donors (Lipinski definition) is 1. The van der Waals surface area contributed by atoms with Gasteiger partial charge in [-0.3, -0.25) is 4.79 Å². The minimum Gasteiger partial charge on any atom is -0.497 e. The lowest BCUT2D eigenvalue weighted by molar-refractivity contribution is 0.0910. The molecule has 1 N–H and O–H groups in total. The fraction of sp³-hybridized carbons (Fsp3) is 0.261. The lowest BCUT2D eigenvalue weighted by Crippen LogP contribution is -2.34. The fourth-order valence-electron chi connectivity index (χ4n) is 2.95. The highest BCUT2D eigenvalue weighted by molar-refractivity contribution is 5.91. The topological polar surface area (TPSA) is 63.9 Å². The van der Waals surface area contributed by atoms with Crippen molar-refractivity contribution in [2.75, 3.05) is 27.7 Å². The summed E-state index contributed by atoms with van der Waals surface area (Å²) in [7, 11) is 5.60. The van der Waals surface area contributed by atoms with Crippen molar-refractivity contribution in [3.8, 4) is 11.5 Å². The molecule has 0 aliphatic rings. The number of hydrogen-bond acceptors (Lipinski definition) is 5. The Labute approximate surface area is 171 Å². The third kappa shape index (κ3) is 5.62. The van der Waals surface area contributed by atoms with E-state index in [-0.39, 0.29) is 24.3 Å². The van der Waals surface area contributed by atoms with Gasteiger partial charge in [0, 0.05) is 6.54 Å². The number of para-hydroxylation sites is 1. The Kier molecular flexibility index (Phi) is 6.92. The Morgan fingerprint density at radius 2 is 1.72 bits per heavy atom. The summed E-state index contributed by atoms with van der Waals surface area (Å²) in [5.74, 6) is 2.16. The molecule has 3 rings (SSSR count). The van der Waals surface area contributed by atoms with E-state index in [0.29, 0.717) is 12.3 Å². The second kappa shape index (κ2) is 9.80. The first-order chi connectivity index (χ1) is 14.1. The molecule has 6 heteroatoms. The van der Waals surface area contributed by atoms with Gasteiger partial charge < -0.3 is 24.1 Å². The quantitative estimate of drug-likeness (QED) is 0.596. The summed E-state index contributed by atoms with van der Waals surface area (Å²) in [5.41, 5.74) is 1.09. The smallest absolute Gasteiger partial charge is 0.287 e. The van der Waals surface area contributed by atoms with Crippen molar-refractivity contribution >= 4 is 5.91 Å². The second-order valence-corrected chi connectivity index (χ2v) is 6.83. The van der Waals surface area contributed by atoms with E-state index in [4.69, 9.17) is 13.9 Å². The average Bonchev–Trinajstić information content (AvgIpc) is 3.22. The zero-order valence-corrected chi connectivity index (χ0v) is 16.9. The number of carbonyl (C=O) groups excluding carboxylic acids is 1. The Bertz CT molecular complexity index is 904. The van der Waals surface area contributed by atoms with Crippen LogP contribution in [-0.4, -0.2) is 38.6 Å². The number of nitrogens with zero attached hydrogens (tertiary/aromatic N) is 1. The highest BCUT2D eigenvalue weighted by atomic mass is 16.5. The molecule has 1 aromatic heterocycles. The van der Waals surface area contributed by atoms with Gasteiger partial charge in [-0.15, -0.1) is 0 Å². The van der Waals surface area contributed by atoms with E-state index in [0.717, 1.165) is 17.1 Å². The van der Waals surface area contributed by atoms with Gasteiger partial charge >= 0.3 is 0 Å². The Balaban J connectivity index is 1.56. The lowest BCUT2D eigenvalue weighted by Gasteiger charge is -2.25. The number of furan rings is 1. The summed E-state index contributed by atoms with van der Waals surface area (Å²) in [6.07, 6.45) is 0. The first-order valence-electron chi connectivity index (χ1n) is 9.42. The van der Waals surface area contributed by atoms with Crippen LogP contribution in [0.4, 0.5) is 0 Å². The Morgan fingerprint density at radius 1 is 1.00 bits per heavy atom. The number of ether oxygens (including phenoxy) is 2. The van der Waals surface area contributed by atoms with Gasteiger partial charge in [-0.2, -0.15) is 0 Å². The summed E-state index contributed by atoms with van der Waals surface area (Å²) >= 11 is 0. The maximum atomic E-state index is 12.5. The van der Waals surface area contributed by atoms with Gasteiger partial charge in [0.1, 0.15) is 23.9 Å². The molecule has 0 radical (unpaired) electrons. The van der Waals surface area contributed by atoms with Crippen LogP contribution in [0.15, 0.2) is 71.1 Å². The molecule has 6 nitrogen and oxygen atoms in total. The summed E-state index contributed by atoms with van der Waals surface area (Å²) < 4.78 is 16.5. The Morgan fingerprint density at radius 3 is 2.38 bits per heavy atom. The molecule has 0 spiro atoms. The molecule has 0 fully saturated rings. The van der Waals surface area contributed by atoms with Gasteiger partial charge in [0.25, 0.3) is 5.91 Å². The SMILES string of the molecule is COc1ccc([C@H](CNC(=O)c2ccc(COc3ccccc3)o2)N(C)C)cc1. The maximum absolute atomic E-state index is 12.5. The van der Waals surface area contributed by atoms with Crippen LogP contribution in [0.25, 0.3) is 0 Å². The average molecular weight is 394 g/mol. The number of methoxy groups -OCH3 is 1. The molecule has 1 atom stereocenters. The molecule has 152 valence electrons. The minimum absolute atomic E-state index is 0.0284. The van der Waals surface area contributed by atoms with E-state index in [1.165, 1.54) is 0 Å². The first-order valence-corrected chi connectivity index (χ1v) is 9.42. The van der Waals surface area contributed by atoms with E-state index in [2.05, 4.69) is 10.2 Å². The highest BCUT2D eigenvalue weighted by Gasteiger charge is 2.18. The molecular weight excluding hydrogens is 368 g/mol. The molecule has 2 aromatic carbocycles. The molecule has 0 saturated heterocycles. The zero-order chi connectivity index (χ0) is 20.6. The number of carbonyl (C=O) groups is 1. The van der Waals surface area contributed by atoms with Crippen molar-refractivity contribution < 1.29 is 18.7 Å². The number of amides is 1. The van der Waals surface area contributed by atoms with Gasteiger partial charge in [-0.05, 0) is 56.1 Å². The summed E-state index contributed by atoms with van der Waals surface area (Å²) in [4.78, 5) is 14.6. The van der Waals surface area contributed by atoms with Crippen LogP contribution in [-0.2, 0) is 6.61 Å². The van der Waals surface area contributed by atoms with E-state index < -0.39 is 0 Å². The van der Waals surface area contributed by atoms with Gasteiger partial charge in [0.15, 0.2) is 5.76 Å². The molecule has 3 aromatic rings. The van der Waals surface area contributed by atoms with Gasteiger partial charge in [-0.1, -0.05) is 30.3 Å². The van der Waals surface area contributed by atoms with Gasteiger partial charge in [0.2, 0.25) is 0 Å². The third-order valence-electron chi connectivity index (χ3n) is 4.59. The molecule has 1 amide bonds. The van der Waals surface area contributed by atoms with Crippen molar-refractivity contribution in [1.29, 1.82) is 0 Å². The molecule has 0 aliphatic carbocycles. The van der Waals surface area contributed by atoms with E-state index in [1.807, 2.05) is 68.7 Å². The maximum Gasteiger partial charge on any atom is 0.287 e. The molecule has 0 aliphatic heterocycles. The second-order valence-electron chi connectivity index (χ2n) is 6.83. The van der Waals surface area contributed by atoms with Gasteiger partial charge in [-0.25, -0.2) is 0 Å². The van der Waals surface area contributed by atoms with Crippen molar-refractivity contribution in [1.82, 2.24) is 10.2 Å². The fourth-order valence-corrected chi connectivity index (χ4v) is 2.95. The van der Waals surface area contributed by atoms with Crippen molar-refractivity contribution in [2.24, 2.45) is 0 Å². The number of nitrogens with one attached hydrogen (secondary N) is 1. The van der Waals surface area contributed by atoms with Crippen LogP contribution in [0.2, 0.25) is 0 Å². The van der Waals surface area contributed by atoms with Crippen molar-refractivity contribution in [3.05, 3.63) is 83.8 Å². The van der Waals surface area contributed by atoms with Crippen LogP contribution in [0.1, 0.15) is 27.9 Å². The standard InChI is InChI=1S/C23H26N2O4/c1-25(2)21(17-9-11-18(27-3)12-10-17)15-24-23(26)22-14-13-20(29-22)16-28-19-7-5-4-6-8-19/h4-14,21H,15-16H2,1-3H3,(H,24,26)/t21-/m0/s1. The molecule has 0 bridgehead atoms. The molecule has 0 unspecified atom stereocenters. The lowest BCUT2D eigenvalue weighted by atomic mass is 10.1. The minimum atomic E-state index is -0.253. The molecule has 0 saturated carbocycles. The number of likely N-dealkylation sites (N-methyl/N-ethyl adjacent to an activating group) is 1. The molecular formula is C23H26N2O4. The third-order valence-corrected chi connectivity index (χ3v) is 4.59. The molecule has 29 heavy (non-hydrogen) atoms. The van der Waals surface area contributed by atoms with Gasteiger partial charge in [0.05, 0.1) is 13.2 Å². The van der Waals surface area contributed by atoms with Crippen LogP contribution < -0.4 is 14.8 Å². The van der Waals surface area contributed by atoms with Crippen molar-refractivity contribution in [2.45, 2.75) is 12.6 Å². The van der Waals surface area contributed by atoms with Crippen LogP contribution in [0, 0.1) is 0 Å². The van der Waals surface area contributed by atoms with Crippen LogP contribution >= 0.6 is 0 Å². The van der Waals surface area contributed by atoms with E-state index in [1.54, 1.807) is 19.2 Å². The number of rotatable bonds is 9. The highest BCUT2D eigenvalue weighted by Crippen LogP contribution is 2.21. The van der Waals surface area contributed by atoms with Crippen LogP contribution in [0.3, 0.4) is 0 Å². The van der Waals surface area contributed by atoms with E-state index >= 15 is 0 Å². The predicted octanol–water partition coefficient (Wildman–Crippen LogP) is 3.90. The zero-order valence-electron chi connectivity index (χ0n) is 16.9. The number of benzene rings is 2. The normalized spacial score (nSPS) is 11.9. The van der Waals surface area contributed by atoms with Crippen LogP contribution in [0.5, 0.6) is 11.5 Å². The Hall–Kier alpha value is -3.25. The van der Waals surface area contributed by atoms with E-state index in [9.17, 15) is 4.79 Å². The largest absolute Gasteiger partial charge is 0.497 e. The summed E-state index contributed by atoms with van der Waals surface area (Å²) in [6, 6.07) is 20.8. The summed E-state index contributed by atoms with van der Waals surface area (Å²) in [5, 5.41) is 2.95.